The van der Waals surface area contributed by atoms with Gasteiger partial charge in [0.25, 0.3) is 0 Å². The average Bonchev–Trinajstić information content (AvgIpc) is 2.90. The molecule has 2 aromatic heterocycles. The van der Waals surface area contributed by atoms with Gasteiger partial charge in [-0.3, -0.25) is 19.5 Å². The molecule has 2 aromatic rings. The molecule has 11 heteroatoms. The van der Waals surface area contributed by atoms with Crippen molar-refractivity contribution in [2.24, 2.45) is 0 Å². The second kappa shape index (κ2) is 11.6. The third-order valence-corrected chi connectivity index (χ3v) is 5.87. The molecule has 0 saturated carbocycles. The topological polar surface area (TPSA) is 147 Å². The molecular formula is C23H29N5O6. The minimum absolute atomic E-state index is 0.0195. The van der Waals surface area contributed by atoms with Crippen molar-refractivity contribution in [1.82, 2.24) is 24.7 Å². The van der Waals surface area contributed by atoms with Gasteiger partial charge in [-0.05, 0) is 31.2 Å². The number of hydrogen-bond acceptors (Lipinski definition) is 8. The van der Waals surface area contributed by atoms with Gasteiger partial charge in [0, 0.05) is 52.4 Å². The molecule has 0 bridgehead atoms. The number of aliphatic carboxylic acids is 1. The summed E-state index contributed by atoms with van der Waals surface area (Å²) in [5.41, 5.74) is 1.21. The SMILES string of the molecule is CC(C(=O)O)N1CCN(Cc2cccc(C(=O)O)n2)CCN(Cc2cccc(C(=O)O)n2)CC1. The maximum Gasteiger partial charge on any atom is 0.354 e. The molecule has 11 nitrogen and oxygen atoms in total. The molecule has 0 radical (unpaired) electrons. The van der Waals surface area contributed by atoms with E-state index >= 15 is 0 Å². The summed E-state index contributed by atoms with van der Waals surface area (Å²) in [5.74, 6) is -3.07. The van der Waals surface area contributed by atoms with E-state index in [1.165, 1.54) is 12.1 Å². The lowest BCUT2D eigenvalue weighted by molar-refractivity contribution is -0.142. The Labute approximate surface area is 197 Å². The summed E-state index contributed by atoms with van der Waals surface area (Å²) in [4.78, 5) is 48.7. The average molecular weight is 472 g/mol. The number of hydrogen-bond donors (Lipinski definition) is 3. The highest BCUT2D eigenvalue weighted by Gasteiger charge is 2.24. The van der Waals surface area contributed by atoms with Crippen molar-refractivity contribution < 1.29 is 29.7 Å². The first-order valence-corrected chi connectivity index (χ1v) is 11.0. The first-order chi connectivity index (χ1) is 16.2. The molecule has 1 fully saturated rings. The monoisotopic (exact) mass is 471 g/mol. The molecule has 1 atom stereocenters. The van der Waals surface area contributed by atoms with Crippen LogP contribution in [-0.2, 0) is 17.9 Å². The lowest BCUT2D eigenvalue weighted by Crippen LogP contribution is -2.45. The highest BCUT2D eigenvalue weighted by Crippen LogP contribution is 2.11. The van der Waals surface area contributed by atoms with Crippen LogP contribution in [0.3, 0.4) is 0 Å². The van der Waals surface area contributed by atoms with Crippen LogP contribution in [0, 0.1) is 0 Å². The van der Waals surface area contributed by atoms with Gasteiger partial charge in [-0.2, -0.15) is 0 Å². The molecule has 34 heavy (non-hydrogen) atoms. The van der Waals surface area contributed by atoms with E-state index < -0.39 is 23.9 Å². The Morgan fingerprint density at radius 1 is 0.765 bits per heavy atom. The van der Waals surface area contributed by atoms with Crippen molar-refractivity contribution in [3.05, 3.63) is 59.2 Å². The Morgan fingerprint density at radius 2 is 1.18 bits per heavy atom. The summed E-state index contributed by atoms with van der Waals surface area (Å²) in [6, 6.07) is 9.10. The molecule has 3 heterocycles. The standard InChI is InChI=1S/C23H29N5O6/c1-16(21(29)30)28-12-10-26(14-17-4-2-6-19(24-17)22(31)32)8-9-27(11-13-28)15-18-5-3-7-20(25-18)23(33)34/h2-7,16H,8-15H2,1H3,(H,29,30)(H,31,32)(H,33,34). The van der Waals surface area contributed by atoms with Gasteiger partial charge in [-0.1, -0.05) is 12.1 Å². The number of aromatic nitrogens is 2. The van der Waals surface area contributed by atoms with E-state index in [9.17, 15) is 29.7 Å². The smallest absolute Gasteiger partial charge is 0.354 e. The van der Waals surface area contributed by atoms with Gasteiger partial charge in [-0.25, -0.2) is 19.6 Å². The molecule has 3 N–H and O–H groups in total. The normalized spacial score (nSPS) is 17.3. The number of nitrogens with zero attached hydrogens (tertiary/aromatic N) is 5. The molecule has 0 aliphatic carbocycles. The minimum atomic E-state index is -1.09. The summed E-state index contributed by atoms with van der Waals surface area (Å²) >= 11 is 0. The van der Waals surface area contributed by atoms with Crippen molar-refractivity contribution in [2.75, 3.05) is 39.3 Å². The van der Waals surface area contributed by atoms with E-state index in [0.717, 1.165) is 0 Å². The van der Waals surface area contributed by atoms with Crippen LogP contribution < -0.4 is 0 Å². The van der Waals surface area contributed by atoms with Crippen LogP contribution in [-0.4, -0.2) is 103 Å². The number of aromatic carboxylic acids is 2. The molecule has 182 valence electrons. The zero-order valence-electron chi connectivity index (χ0n) is 19.0. The predicted molar refractivity (Wildman–Crippen MR) is 122 cm³/mol. The van der Waals surface area contributed by atoms with Crippen LogP contribution in [0.5, 0.6) is 0 Å². The van der Waals surface area contributed by atoms with Crippen molar-refractivity contribution in [3.8, 4) is 0 Å². The van der Waals surface area contributed by atoms with Crippen LogP contribution in [0.4, 0.5) is 0 Å². The maximum atomic E-state index is 11.6. The van der Waals surface area contributed by atoms with Gasteiger partial charge in [0.1, 0.15) is 17.4 Å². The second-order valence-corrected chi connectivity index (χ2v) is 8.24. The van der Waals surface area contributed by atoms with Crippen LogP contribution in [0.1, 0.15) is 39.3 Å². The molecule has 1 aliphatic heterocycles. The van der Waals surface area contributed by atoms with Crippen molar-refractivity contribution in [2.45, 2.75) is 26.1 Å². The highest BCUT2D eigenvalue weighted by molar-refractivity contribution is 5.85. The Morgan fingerprint density at radius 3 is 1.56 bits per heavy atom. The summed E-state index contributed by atoms with van der Waals surface area (Å²) in [6.45, 7) is 6.06. The van der Waals surface area contributed by atoms with Gasteiger partial charge in [0.15, 0.2) is 0 Å². The van der Waals surface area contributed by atoms with Gasteiger partial charge in [0.05, 0.1) is 11.4 Å². The zero-order valence-corrected chi connectivity index (χ0v) is 19.0. The number of pyridine rings is 2. The van der Waals surface area contributed by atoms with E-state index in [1.807, 2.05) is 4.90 Å². The number of carboxylic acids is 3. The lowest BCUT2D eigenvalue weighted by atomic mass is 10.2. The Balaban J connectivity index is 1.77. The van der Waals surface area contributed by atoms with Crippen LogP contribution in [0.15, 0.2) is 36.4 Å². The van der Waals surface area contributed by atoms with Gasteiger partial charge < -0.3 is 15.3 Å². The van der Waals surface area contributed by atoms with Gasteiger partial charge >= 0.3 is 17.9 Å². The van der Waals surface area contributed by atoms with Gasteiger partial charge in [0.2, 0.25) is 0 Å². The van der Waals surface area contributed by atoms with Crippen molar-refractivity contribution in [1.29, 1.82) is 0 Å². The first-order valence-electron chi connectivity index (χ1n) is 11.0. The largest absolute Gasteiger partial charge is 0.480 e. The van der Waals surface area contributed by atoms with E-state index in [-0.39, 0.29) is 11.4 Å². The molecule has 0 amide bonds. The fourth-order valence-electron chi connectivity index (χ4n) is 3.85. The van der Waals surface area contributed by atoms with E-state index in [1.54, 1.807) is 31.2 Å². The lowest BCUT2D eigenvalue weighted by Gasteiger charge is -2.28. The van der Waals surface area contributed by atoms with Gasteiger partial charge in [-0.15, -0.1) is 0 Å². The summed E-state index contributed by atoms with van der Waals surface area (Å²) < 4.78 is 0. The summed E-state index contributed by atoms with van der Waals surface area (Å²) in [7, 11) is 0. The van der Waals surface area contributed by atoms with Crippen LogP contribution in [0.25, 0.3) is 0 Å². The van der Waals surface area contributed by atoms with E-state index in [0.29, 0.717) is 63.7 Å². The zero-order chi connectivity index (χ0) is 24.7. The molecular weight excluding hydrogens is 442 g/mol. The Hall–Kier alpha value is -3.41. The fourth-order valence-corrected chi connectivity index (χ4v) is 3.85. The number of carbonyl (C=O) groups is 3. The quantitative estimate of drug-likeness (QED) is 0.506. The van der Waals surface area contributed by atoms with Crippen molar-refractivity contribution in [3.63, 3.8) is 0 Å². The van der Waals surface area contributed by atoms with E-state index in [4.69, 9.17) is 0 Å². The second-order valence-electron chi connectivity index (χ2n) is 8.24. The first kappa shape index (κ1) is 25.2. The third-order valence-electron chi connectivity index (χ3n) is 5.87. The molecule has 3 rings (SSSR count). The van der Waals surface area contributed by atoms with Crippen molar-refractivity contribution >= 4 is 17.9 Å². The van der Waals surface area contributed by atoms with Crippen LogP contribution >= 0.6 is 0 Å². The molecule has 0 aromatic carbocycles. The van der Waals surface area contributed by atoms with Crippen LogP contribution in [0.2, 0.25) is 0 Å². The summed E-state index contributed by atoms with van der Waals surface area (Å²) in [6.07, 6.45) is 0. The minimum Gasteiger partial charge on any atom is -0.480 e. The summed E-state index contributed by atoms with van der Waals surface area (Å²) in [5, 5.41) is 28.0. The molecule has 1 aliphatic rings. The fraction of sp³-hybridized carbons (Fsp3) is 0.435. The number of rotatable bonds is 8. The maximum absolute atomic E-state index is 11.6. The Bertz CT molecular complexity index is 961. The highest BCUT2D eigenvalue weighted by atomic mass is 16.4. The molecule has 1 unspecified atom stereocenters. The molecule has 1 saturated heterocycles. The number of carboxylic acid groups (broad SMARTS) is 3. The molecule has 0 spiro atoms. The van der Waals surface area contributed by atoms with E-state index in [2.05, 4.69) is 19.8 Å². The predicted octanol–water partition coefficient (Wildman–Crippen LogP) is 0.966. The third kappa shape index (κ3) is 7.04. The Kier molecular flexibility index (Phi) is 8.63.